The van der Waals surface area contributed by atoms with Crippen LogP contribution in [0.25, 0.3) is 0 Å². The first kappa shape index (κ1) is 35.7. The Kier molecular flexibility index (Phi) is 11.9. The third kappa shape index (κ3) is 8.52. The first-order chi connectivity index (χ1) is 24.3. The molecule has 0 radical (unpaired) electrons. The molecule has 1 heterocycles. The highest BCUT2D eigenvalue weighted by molar-refractivity contribution is 5.93. The zero-order valence-electron chi connectivity index (χ0n) is 28.1. The Labute approximate surface area is 289 Å². The third-order valence-corrected chi connectivity index (χ3v) is 7.96. The molecule has 4 aromatic rings. The van der Waals surface area contributed by atoms with Gasteiger partial charge in [-0.05, 0) is 42.5 Å². The van der Waals surface area contributed by atoms with E-state index >= 15 is 0 Å². The number of hydrogen-bond donors (Lipinski definition) is 0. The van der Waals surface area contributed by atoms with Crippen molar-refractivity contribution in [3.8, 4) is 23.0 Å². The number of carbonyl (C=O) groups excluding carboxylic acids is 3. The molecule has 12 heteroatoms. The van der Waals surface area contributed by atoms with Crippen LogP contribution in [0.3, 0.4) is 0 Å². The van der Waals surface area contributed by atoms with E-state index in [0.717, 1.165) is 5.56 Å². The Morgan fingerprint density at radius 3 is 1.28 bits per heavy atom. The number of rotatable bonds is 17. The lowest BCUT2D eigenvalue weighted by molar-refractivity contribution is -0.0898. The monoisotopic (exact) mass is 686 g/mol. The predicted molar refractivity (Wildman–Crippen MR) is 179 cm³/mol. The molecule has 1 aliphatic rings. The maximum Gasteiger partial charge on any atom is 0.341 e. The number of esters is 3. The van der Waals surface area contributed by atoms with Crippen molar-refractivity contribution < 1.29 is 57.0 Å². The van der Waals surface area contributed by atoms with E-state index in [4.69, 9.17) is 42.6 Å². The largest absolute Gasteiger partial charge is 0.496 e. The van der Waals surface area contributed by atoms with Gasteiger partial charge in [0, 0.05) is 5.56 Å². The van der Waals surface area contributed by atoms with Crippen molar-refractivity contribution in [2.45, 2.75) is 12.4 Å². The molecule has 262 valence electrons. The molecule has 1 fully saturated rings. The van der Waals surface area contributed by atoms with E-state index in [1.165, 1.54) is 21.3 Å². The van der Waals surface area contributed by atoms with Crippen LogP contribution in [0.5, 0.6) is 23.0 Å². The Morgan fingerprint density at radius 2 is 0.880 bits per heavy atom. The van der Waals surface area contributed by atoms with Crippen LogP contribution in [0.4, 0.5) is 0 Å². The van der Waals surface area contributed by atoms with Crippen LogP contribution in [0, 0.1) is 5.41 Å². The predicted octanol–water partition coefficient (Wildman–Crippen LogP) is 5.69. The van der Waals surface area contributed by atoms with Crippen LogP contribution in [0.1, 0.15) is 42.7 Å². The summed E-state index contributed by atoms with van der Waals surface area (Å²) < 4.78 is 51.0. The summed E-state index contributed by atoms with van der Waals surface area (Å²) in [5.41, 5.74) is -0.140. The molecule has 5 rings (SSSR count). The molecule has 50 heavy (non-hydrogen) atoms. The van der Waals surface area contributed by atoms with Crippen molar-refractivity contribution in [3.63, 3.8) is 0 Å². The zero-order chi connectivity index (χ0) is 35.5. The highest BCUT2D eigenvalue weighted by Gasteiger charge is 2.46. The van der Waals surface area contributed by atoms with Crippen LogP contribution in [0.15, 0.2) is 97.1 Å². The number of para-hydroxylation sites is 4. The van der Waals surface area contributed by atoms with E-state index in [2.05, 4.69) is 0 Å². The van der Waals surface area contributed by atoms with Crippen molar-refractivity contribution in [2.75, 3.05) is 54.9 Å². The Bertz CT molecular complexity index is 1630. The molecule has 0 N–H and O–H groups in total. The molecule has 0 bridgehead atoms. The molecule has 4 aromatic carbocycles. The van der Waals surface area contributed by atoms with Gasteiger partial charge in [-0.25, -0.2) is 14.4 Å². The van der Waals surface area contributed by atoms with Gasteiger partial charge in [0.2, 0.25) is 0 Å². The summed E-state index contributed by atoms with van der Waals surface area (Å²) in [5, 5.41) is 0. The van der Waals surface area contributed by atoms with E-state index in [0.29, 0.717) is 23.0 Å². The smallest absolute Gasteiger partial charge is 0.341 e. The minimum absolute atomic E-state index is 0.170. The lowest BCUT2D eigenvalue weighted by atomic mass is 9.92. The standard InChI is InChI=1S/C38H38O12/c1-42-29-17-9-5-13-25(29)33-37(50-33)49-24-38(21-46-34(39)26-14-6-10-18-30(26)43-2,22-47-35(40)27-15-7-11-19-31(27)44-3)23-48-36(41)28-16-8-12-20-32(28)45-4/h5-20,33,37H,21-24H2,1-4H3. The molecule has 0 amide bonds. The Balaban J connectivity index is 1.43. The fourth-order valence-corrected chi connectivity index (χ4v) is 5.19. The third-order valence-electron chi connectivity index (χ3n) is 7.96. The molecule has 0 aromatic heterocycles. The van der Waals surface area contributed by atoms with Gasteiger partial charge in [0.05, 0.1) is 40.5 Å². The van der Waals surface area contributed by atoms with E-state index in [9.17, 15) is 14.4 Å². The van der Waals surface area contributed by atoms with Crippen molar-refractivity contribution in [1.29, 1.82) is 0 Å². The topological polar surface area (TPSA) is 138 Å². The van der Waals surface area contributed by atoms with E-state index in [1.54, 1.807) is 79.9 Å². The number of hydrogen-bond acceptors (Lipinski definition) is 12. The maximum atomic E-state index is 13.4. The van der Waals surface area contributed by atoms with E-state index in [1.807, 2.05) is 24.3 Å². The van der Waals surface area contributed by atoms with Gasteiger partial charge >= 0.3 is 17.9 Å². The van der Waals surface area contributed by atoms with Crippen molar-refractivity contribution in [1.82, 2.24) is 0 Å². The summed E-state index contributed by atoms with van der Waals surface area (Å²) in [6, 6.07) is 27.1. The number of methoxy groups -OCH3 is 4. The summed E-state index contributed by atoms with van der Waals surface area (Å²) in [5.74, 6) is -0.616. The summed E-state index contributed by atoms with van der Waals surface area (Å²) in [6.45, 7) is -1.40. The molecule has 2 unspecified atom stereocenters. The van der Waals surface area contributed by atoms with Gasteiger partial charge in [-0.1, -0.05) is 54.6 Å². The van der Waals surface area contributed by atoms with Crippen LogP contribution in [-0.4, -0.2) is 79.1 Å². The molecule has 0 saturated carbocycles. The zero-order valence-corrected chi connectivity index (χ0v) is 28.1. The minimum atomic E-state index is -1.43. The highest BCUT2D eigenvalue weighted by atomic mass is 16.8. The van der Waals surface area contributed by atoms with Crippen molar-refractivity contribution in [3.05, 3.63) is 119 Å². The van der Waals surface area contributed by atoms with Crippen LogP contribution in [0.2, 0.25) is 0 Å². The number of ether oxygens (including phenoxy) is 9. The van der Waals surface area contributed by atoms with E-state index < -0.39 is 55.5 Å². The average molecular weight is 687 g/mol. The lowest BCUT2D eigenvalue weighted by Crippen LogP contribution is -2.43. The molecule has 0 aliphatic carbocycles. The van der Waals surface area contributed by atoms with Gasteiger partial charge in [0.15, 0.2) is 6.29 Å². The number of epoxide rings is 1. The molecule has 2 atom stereocenters. The molecule has 1 aliphatic heterocycles. The lowest BCUT2D eigenvalue weighted by Gasteiger charge is -2.32. The fraction of sp³-hybridized carbons (Fsp3) is 0.289. The van der Waals surface area contributed by atoms with Gasteiger partial charge in [0.1, 0.15) is 65.6 Å². The first-order valence-electron chi connectivity index (χ1n) is 15.6. The molecule has 12 nitrogen and oxygen atoms in total. The SMILES string of the molecule is COc1ccccc1C(=O)OCC(COC(=O)c1ccccc1OC)(COC(=O)c1ccccc1OC)COC1OC1c1ccccc1OC. The second kappa shape index (κ2) is 16.7. The number of benzene rings is 4. The van der Waals surface area contributed by atoms with Gasteiger partial charge in [-0.15, -0.1) is 0 Å². The van der Waals surface area contributed by atoms with Gasteiger partial charge in [-0.2, -0.15) is 0 Å². The minimum Gasteiger partial charge on any atom is -0.496 e. The second-order valence-corrected chi connectivity index (χ2v) is 11.3. The van der Waals surface area contributed by atoms with Crippen molar-refractivity contribution in [2.24, 2.45) is 5.41 Å². The Hall–Kier alpha value is -5.59. The quantitative estimate of drug-likeness (QED) is 0.0766. The normalized spacial score (nSPS) is 15.0. The second-order valence-electron chi connectivity index (χ2n) is 11.3. The number of carbonyl (C=O) groups is 3. The molecule has 0 spiro atoms. The van der Waals surface area contributed by atoms with Gasteiger partial charge in [-0.3, -0.25) is 0 Å². The van der Waals surface area contributed by atoms with Gasteiger partial charge < -0.3 is 42.6 Å². The first-order valence-corrected chi connectivity index (χ1v) is 15.6. The fourth-order valence-electron chi connectivity index (χ4n) is 5.19. The summed E-state index contributed by atoms with van der Waals surface area (Å²) in [7, 11) is 5.87. The van der Waals surface area contributed by atoms with Crippen LogP contribution < -0.4 is 18.9 Å². The van der Waals surface area contributed by atoms with E-state index in [-0.39, 0.29) is 23.3 Å². The van der Waals surface area contributed by atoms with Crippen LogP contribution >= 0.6 is 0 Å². The van der Waals surface area contributed by atoms with Crippen molar-refractivity contribution >= 4 is 17.9 Å². The van der Waals surface area contributed by atoms with Gasteiger partial charge in [0.25, 0.3) is 0 Å². The molecular weight excluding hydrogens is 648 g/mol. The average Bonchev–Trinajstić information content (AvgIpc) is 3.96. The summed E-state index contributed by atoms with van der Waals surface area (Å²) in [4.78, 5) is 40.2. The maximum absolute atomic E-state index is 13.4. The molecule has 1 saturated heterocycles. The summed E-state index contributed by atoms with van der Waals surface area (Å²) in [6.07, 6.45) is -1.17. The summed E-state index contributed by atoms with van der Waals surface area (Å²) >= 11 is 0. The highest BCUT2D eigenvalue weighted by Crippen LogP contribution is 2.44. The van der Waals surface area contributed by atoms with Crippen LogP contribution in [-0.2, 0) is 23.7 Å². The molecular formula is C38H38O12. The Morgan fingerprint density at radius 1 is 0.520 bits per heavy atom.